The van der Waals surface area contributed by atoms with Gasteiger partial charge in [0, 0.05) is 0 Å². The molecule has 0 saturated heterocycles. The van der Waals surface area contributed by atoms with E-state index in [2.05, 4.69) is 4.74 Å². The molecule has 0 aromatic heterocycles. The molecule has 1 N–H and O–H groups in total. The van der Waals surface area contributed by atoms with Gasteiger partial charge >= 0.3 is 12.1 Å². The van der Waals surface area contributed by atoms with Gasteiger partial charge in [-0.15, -0.1) is 0 Å². The van der Waals surface area contributed by atoms with Crippen LogP contribution in [0.1, 0.15) is 28.8 Å². The molecule has 1 rings (SSSR count). The molecule has 0 spiro atoms. The SMILES string of the molecule is COC(=O)c1ccccc1CCCCOC(=O)O. The molecule has 0 aliphatic carbocycles. The first-order valence-electron chi connectivity index (χ1n) is 5.67. The molecule has 1 aromatic carbocycles. The number of aryl methyl sites for hydroxylation is 1. The van der Waals surface area contributed by atoms with E-state index in [0.717, 1.165) is 12.0 Å². The van der Waals surface area contributed by atoms with Crippen LogP contribution in [-0.4, -0.2) is 30.9 Å². The molecule has 0 unspecified atom stereocenters. The van der Waals surface area contributed by atoms with Crippen molar-refractivity contribution >= 4 is 12.1 Å². The van der Waals surface area contributed by atoms with Crippen molar-refractivity contribution in [3.05, 3.63) is 35.4 Å². The third-order valence-electron chi connectivity index (χ3n) is 2.49. The van der Waals surface area contributed by atoms with Crippen molar-refractivity contribution < 1.29 is 24.2 Å². The molecule has 98 valence electrons. The van der Waals surface area contributed by atoms with Gasteiger partial charge in [0.25, 0.3) is 0 Å². The number of ether oxygens (including phenoxy) is 2. The van der Waals surface area contributed by atoms with Crippen molar-refractivity contribution in [2.75, 3.05) is 13.7 Å². The molecule has 0 saturated carbocycles. The Hall–Kier alpha value is -2.04. The summed E-state index contributed by atoms with van der Waals surface area (Å²) in [6, 6.07) is 7.22. The maximum absolute atomic E-state index is 11.5. The van der Waals surface area contributed by atoms with E-state index in [1.165, 1.54) is 7.11 Å². The molecule has 0 bridgehead atoms. The highest BCUT2D eigenvalue weighted by Gasteiger charge is 2.10. The fourth-order valence-electron chi connectivity index (χ4n) is 1.62. The monoisotopic (exact) mass is 252 g/mol. The normalized spacial score (nSPS) is 9.83. The smallest absolute Gasteiger partial charge is 0.465 e. The summed E-state index contributed by atoms with van der Waals surface area (Å²) in [5.74, 6) is -0.354. The van der Waals surface area contributed by atoms with Crippen LogP contribution in [0.3, 0.4) is 0 Å². The van der Waals surface area contributed by atoms with Gasteiger partial charge in [-0.05, 0) is 30.9 Å². The molecule has 0 aliphatic rings. The third kappa shape index (κ3) is 4.45. The average molecular weight is 252 g/mol. The Labute approximate surface area is 105 Å². The molecular formula is C13H16O5. The summed E-state index contributed by atoms with van der Waals surface area (Å²) in [4.78, 5) is 21.6. The number of rotatable bonds is 6. The lowest BCUT2D eigenvalue weighted by molar-refractivity contribution is 0.0599. The van der Waals surface area contributed by atoms with Crippen molar-refractivity contribution in [1.29, 1.82) is 0 Å². The Balaban J connectivity index is 2.46. The number of carbonyl (C=O) groups excluding carboxylic acids is 1. The first-order valence-corrected chi connectivity index (χ1v) is 5.67. The van der Waals surface area contributed by atoms with Crippen LogP contribution in [0.25, 0.3) is 0 Å². The summed E-state index contributed by atoms with van der Waals surface area (Å²) in [5, 5.41) is 8.30. The van der Waals surface area contributed by atoms with Crippen LogP contribution in [0, 0.1) is 0 Å². The van der Waals surface area contributed by atoms with Gasteiger partial charge in [-0.25, -0.2) is 9.59 Å². The van der Waals surface area contributed by atoms with E-state index in [1.54, 1.807) is 12.1 Å². The summed E-state index contributed by atoms with van der Waals surface area (Å²) in [6.07, 6.45) is 0.808. The fraction of sp³-hybridized carbons (Fsp3) is 0.385. The van der Waals surface area contributed by atoms with Gasteiger partial charge in [-0.1, -0.05) is 18.2 Å². The van der Waals surface area contributed by atoms with Crippen molar-refractivity contribution in [3.63, 3.8) is 0 Å². The van der Waals surface area contributed by atoms with Gasteiger partial charge in [0.15, 0.2) is 0 Å². The number of hydrogen-bond acceptors (Lipinski definition) is 4. The molecule has 0 fully saturated rings. The zero-order valence-corrected chi connectivity index (χ0v) is 10.2. The van der Waals surface area contributed by atoms with Crippen LogP contribution in [0.5, 0.6) is 0 Å². The van der Waals surface area contributed by atoms with E-state index in [1.807, 2.05) is 12.1 Å². The van der Waals surface area contributed by atoms with Crippen molar-refractivity contribution in [2.45, 2.75) is 19.3 Å². The number of unbranched alkanes of at least 4 members (excludes halogenated alkanes) is 1. The highest BCUT2D eigenvalue weighted by molar-refractivity contribution is 5.90. The lowest BCUT2D eigenvalue weighted by Gasteiger charge is -2.07. The quantitative estimate of drug-likeness (QED) is 0.622. The molecular weight excluding hydrogens is 236 g/mol. The first-order chi connectivity index (χ1) is 8.65. The number of hydrogen-bond donors (Lipinski definition) is 1. The van der Waals surface area contributed by atoms with Gasteiger partial charge < -0.3 is 14.6 Å². The van der Waals surface area contributed by atoms with Crippen LogP contribution in [0.2, 0.25) is 0 Å². The van der Waals surface area contributed by atoms with Crippen LogP contribution in [-0.2, 0) is 15.9 Å². The zero-order chi connectivity index (χ0) is 13.4. The Morgan fingerprint density at radius 3 is 2.61 bits per heavy atom. The Morgan fingerprint density at radius 1 is 1.22 bits per heavy atom. The topological polar surface area (TPSA) is 72.8 Å². The van der Waals surface area contributed by atoms with Gasteiger partial charge in [0.1, 0.15) is 0 Å². The second-order valence-corrected chi connectivity index (χ2v) is 3.72. The summed E-state index contributed by atoms with van der Waals surface area (Å²) in [6.45, 7) is 0.176. The first kappa shape index (κ1) is 14.0. The number of carboxylic acid groups (broad SMARTS) is 1. The van der Waals surface area contributed by atoms with Crippen molar-refractivity contribution in [1.82, 2.24) is 0 Å². The summed E-state index contributed by atoms with van der Waals surface area (Å²) >= 11 is 0. The highest BCUT2D eigenvalue weighted by atomic mass is 16.7. The fourth-order valence-corrected chi connectivity index (χ4v) is 1.62. The summed E-state index contributed by atoms with van der Waals surface area (Å²) in [7, 11) is 1.35. The Bertz CT molecular complexity index is 414. The minimum atomic E-state index is -1.26. The minimum Gasteiger partial charge on any atom is -0.465 e. The van der Waals surface area contributed by atoms with E-state index in [4.69, 9.17) is 9.84 Å². The predicted octanol–water partition coefficient (Wildman–Crippen LogP) is 2.49. The van der Waals surface area contributed by atoms with Gasteiger partial charge in [0.05, 0.1) is 19.3 Å². The Morgan fingerprint density at radius 2 is 1.94 bits per heavy atom. The maximum Gasteiger partial charge on any atom is 0.505 e. The van der Waals surface area contributed by atoms with Crippen LogP contribution >= 0.6 is 0 Å². The van der Waals surface area contributed by atoms with Crippen LogP contribution in [0.15, 0.2) is 24.3 Å². The lowest BCUT2D eigenvalue weighted by Crippen LogP contribution is -2.06. The van der Waals surface area contributed by atoms with Gasteiger partial charge in [-0.2, -0.15) is 0 Å². The summed E-state index contributed by atoms with van der Waals surface area (Å²) < 4.78 is 9.10. The average Bonchev–Trinajstić information content (AvgIpc) is 2.37. The molecule has 0 amide bonds. The molecule has 0 heterocycles. The molecule has 0 aliphatic heterocycles. The number of methoxy groups -OCH3 is 1. The molecule has 5 heteroatoms. The lowest BCUT2D eigenvalue weighted by atomic mass is 10.0. The van der Waals surface area contributed by atoms with Gasteiger partial charge in [-0.3, -0.25) is 0 Å². The highest BCUT2D eigenvalue weighted by Crippen LogP contribution is 2.13. The third-order valence-corrected chi connectivity index (χ3v) is 2.49. The Kier molecular flexibility index (Phi) is 5.70. The van der Waals surface area contributed by atoms with Gasteiger partial charge in [0.2, 0.25) is 0 Å². The van der Waals surface area contributed by atoms with Crippen molar-refractivity contribution in [2.24, 2.45) is 0 Å². The van der Waals surface area contributed by atoms with E-state index in [-0.39, 0.29) is 12.6 Å². The number of benzene rings is 1. The van der Waals surface area contributed by atoms with Crippen LogP contribution < -0.4 is 0 Å². The zero-order valence-electron chi connectivity index (χ0n) is 10.2. The maximum atomic E-state index is 11.5. The molecule has 1 aromatic rings. The number of carbonyl (C=O) groups is 2. The molecule has 18 heavy (non-hydrogen) atoms. The van der Waals surface area contributed by atoms with E-state index >= 15 is 0 Å². The standard InChI is InChI=1S/C13H16O5/c1-17-12(14)11-8-3-2-6-10(11)7-4-5-9-18-13(15)16/h2-3,6,8H,4-5,7,9H2,1H3,(H,15,16). The number of esters is 1. The second kappa shape index (κ2) is 7.32. The predicted molar refractivity (Wildman–Crippen MR) is 64.7 cm³/mol. The van der Waals surface area contributed by atoms with Crippen LogP contribution in [0.4, 0.5) is 4.79 Å². The van der Waals surface area contributed by atoms with E-state index in [9.17, 15) is 9.59 Å². The largest absolute Gasteiger partial charge is 0.505 e. The van der Waals surface area contributed by atoms with E-state index in [0.29, 0.717) is 18.4 Å². The molecule has 5 nitrogen and oxygen atoms in total. The van der Waals surface area contributed by atoms with E-state index < -0.39 is 6.16 Å². The second-order valence-electron chi connectivity index (χ2n) is 3.72. The molecule has 0 atom stereocenters. The minimum absolute atomic E-state index is 0.176. The van der Waals surface area contributed by atoms with Crippen molar-refractivity contribution in [3.8, 4) is 0 Å². The summed E-state index contributed by atoms with van der Waals surface area (Å²) in [5.41, 5.74) is 1.46. The molecule has 0 radical (unpaired) electrons.